The van der Waals surface area contributed by atoms with E-state index in [1.807, 2.05) is 0 Å². The fraction of sp³-hybridized carbons (Fsp3) is 0.629. The van der Waals surface area contributed by atoms with Crippen molar-refractivity contribution in [3.05, 3.63) is 60.7 Å². The van der Waals surface area contributed by atoms with Crippen molar-refractivity contribution in [2.75, 3.05) is 0 Å². The first-order valence-electron chi connectivity index (χ1n) is 15.7. The molecule has 2 aromatic rings. The fourth-order valence-electron chi connectivity index (χ4n) is 10.3. The summed E-state index contributed by atoms with van der Waals surface area (Å²) < 4.78 is 19.8. The molecule has 2 heterocycles. The summed E-state index contributed by atoms with van der Waals surface area (Å²) in [6.45, 7) is 12.2. The van der Waals surface area contributed by atoms with Gasteiger partial charge in [-0.05, 0) is 83.5 Å². The van der Waals surface area contributed by atoms with Gasteiger partial charge in [-0.3, -0.25) is 4.79 Å². The quantitative estimate of drug-likeness (QED) is 0.241. The van der Waals surface area contributed by atoms with Crippen molar-refractivity contribution in [3.8, 4) is 0 Å². The minimum absolute atomic E-state index is 0.0166. The van der Waals surface area contributed by atoms with Gasteiger partial charge in [-0.25, -0.2) is 0 Å². The van der Waals surface area contributed by atoms with Gasteiger partial charge in [0.15, 0.2) is 0 Å². The van der Waals surface area contributed by atoms with E-state index in [4.69, 9.17) is 13.9 Å². The van der Waals surface area contributed by atoms with Crippen LogP contribution in [0.25, 0.3) is 0 Å². The molecule has 2 aliphatic heterocycles. The van der Waals surface area contributed by atoms with E-state index >= 15 is 0 Å². The highest BCUT2D eigenvalue weighted by Gasteiger charge is 2.76. The molecule has 2 saturated heterocycles. The number of hydrogen-bond donors (Lipinski definition) is 0. The Labute approximate surface area is 241 Å². The third-order valence-electron chi connectivity index (χ3n) is 12.4. The van der Waals surface area contributed by atoms with Crippen molar-refractivity contribution < 1.29 is 18.7 Å². The third kappa shape index (κ3) is 3.59. The predicted molar refractivity (Wildman–Crippen MR) is 160 cm³/mol. The zero-order chi connectivity index (χ0) is 28.0. The molecule has 1 spiro atoms. The largest absolute Gasteiger partial charge is 0.432 e. The average Bonchev–Trinajstić information content (AvgIpc) is 3.55. The molecule has 5 fully saturated rings. The molecule has 40 heavy (non-hydrogen) atoms. The SMILES string of the molecule is CC(C)(C)[Si](O[C@H]1CC[C@@H]2[C@@H]3CC[C@]45O[C@H]4OC(=O)CC[C@]5(C)[C@@H]3CC[C@]12C)(c1ccccc1)c1ccccc1. The number of esters is 1. The van der Waals surface area contributed by atoms with Crippen molar-refractivity contribution in [3.63, 3.8) is 0 Å². The molecule has 4 nitrogen and oxygen atoms in total. The van der Waals surface area contributed by atoms with Crippen LogP contribution in [0.15, 0.2) is 60.7 Å². The van der Waals surface area contributed by atoms with Gasteiger partial charge in [-0.1, -0.05) is 95.3 Å². The summed E-state index contributed by atoms with van der Waals surface area (Å²) in [4.78, 5) is 12.4. The maximum atomic E-state index is 12.4. The molecule has 0 unspecified atom stereocenters. The number of hydrogen-bond acceptors (Lipinski definition) is 4. The summed E-state index contributed by atoms with van der Waals surface area (Å²) in [5.74, 6) is 1.83. The van der Waals surface area contributed by atoms with Gasteiger partial charge >= 0.3 is 5.97 Å². The molecule has 0 bridgehead atoms. The molecule has 0 amide bonds. The van der Waals surface area contributed by atoms with Gasteiger partial charge < -0.3 is 13.9 Å². The van der Waals surface area contributed by atoms with E-state index in [9.17, 15) is 4.79 Å². The Hall–Kier alpha value is -1.95. The Balaban J connectivity index is 1.24. The van der Waals surface area contributed by atoms with Crippen LogP contribution in [0.2, 0.25) is 5.04 Å². The molecule has 3 aliphatic carbocycles. The first-order valence-corrected chi connectivity index (χ1v) is 17.6. The maximum absolute atomic E-state index is 12.4. The second-order valence-electron chi connectivity index (χ2n) is 15.1. The van der Waals surface area contributed by atoms with E-state index in [0.29, 0.717) is 24.2 Å². The van der Waals surface area contributed by atoms with Crippen LogP contribution in [0.1, 0.15) is 86.0 Å². The van der Waals surface area contributed by atoms with Crippen LogP contribution < -0.4 is 10.4 Å². The second-order valence-corrected chi connectivity index (χ2v) is 19.3. The summed E-state index contributed by atoms with van der Waals surface area (Å²) in [5, 5.41) is 2.74. The minimum Gasteiger partial charge on any atom is -0.432 e. The molecule has 5 heteroatoms. The van der Waals surface area contributed by atoms with Gasteiger partial charge in [0.1, 0.15) is 5.60 Å². The van der Waals surface area contributed by atoms with E-state index in [1.165, 1.54) is 36.1 Å². The lowest BCUT2D eigenvalue weighted by Gasteiger charge is -2.58. The van der Waals surface area contributed by atoms with Crippen molar-refractivity contribution in [2.24, 2.45) is 28.6 Å². The zero-order valence-electron chi connectivity index (χ0n) is 25.0. The molecular weight excluding hydrogens is 512 g/mol. The van der Waals surface area contributed by atoms with Crippen LogP contribution in [0, 0.1) is 28.6 Å². The summed E-state index contributed by atoms with van der Waals surface area (Å²) in [5.41, 5.74) is -0.0571. The standard InChI is InChI=1S/C35H46O4Si/c1-32(2,3)40(24-12-8-6-9-13-24,25-14-10-7-11-15-25)39-29-17-16-27-26-18-23-35-31(38-35)37-30(36)20-22-34(35,5)28(26)19-21-33(27,29)4/h6-15,26-29,31H,16-23H2,1-5H3/t26-,27+,28+,29-,31+,33-,34+,35-/m0/s1. The lowest BCUT2D eigenvalue weighted by atomic mass is 9.46. The second kappa shape index (κ2) is 9.02. The van der Waals surface area contributed by atoms with E-state index < -0.39 is 8.32 Å². The minimum atomic E-state index is -2.62. The van der Waals surface area contributed by atoms with E-state index in [-0.39, 0.29) is 39.8 Å². The molecule has 0 N–H and O–H groups in total. The highest BCUT2D eigenvalue weighted by atomic mass is 28.4. The third-order valence-corrected chi connectivity index (χ3v) is 17.5. The number of benzene rings is 2. The van der Waals surface area contributed by atoms with Crippen LogP contribution in [-0.2, 0) is 18.7 Å². The molecule has 0 aromatic heterocycles. The summed E-state index contributed by atoms with van der Waals surface area (Å²) >= 11 is 0. The number of fused-ring (bicyclic) bond motifs is 4. The Morgan fingerprint density at radius 1 is 0.825 bits per heavy atom. The smallest absolute Gasteiger partial charge is 0.308 e. The van der Waals surface area contributed by atoms with Crippen molar-refractivity contribution in [2.45, 2.75) is 109 Å². The van der Waals surface area contributed by atoms with Crippen LogP contribution in [-0.4, -0.2) is 32.3 Å². The Bertz CT molecular complexity index is 1230. The number of carbonyl (C=O) groups is 1. The van der Waals surface area contributed by atoms with Crippen molar-refractivity contribution in [1.82, 2.24) is 0 Å². The fourth-order valence-corrected chi connectivity index (χ4v) is 15.1. The number of carbonyl (C=O) groups excluding carboxylic acids is 1. The summed E-state index contributed by atoms with van der Waals surface area (Å²) in [6, 6.07) is 22.3. The van der Waals surface area contributed by atoms with Gasteiger partial charge in [0.2, 0.25) is 6.29 Å². The molecule has 5 aliphatic rings. The van der Waals surface area contributed by atoms with Crippen LogP contribution in [0.5, 0.6) is 0 Å². The van der Waals surface area contributed by atoms with E-state index in [0.717, 1.165) is 19.3 Å². The van der Waals surface area contributed by atoms with Crippen molar-refractivity contribution >= 4 is 24.7 Å². The molecule has 214 valence electrons. The number of epoxide rings is 1. The molecule has 8 atom stereocenters. The molecule has 7 rings (SSSR count). The number of rotatable bonds is 4. The van der Waals surface area contributed by atoms with Crippen LogP contribution in [0.4, 0.5) is 0 Å². The van der Waals surface area contributed by atoms with Gasteiger partial charge in [-0.15, -0.1) is 0 Å². The molecule has 0 radical (unpaired) electrons. The topological polar surface area (TPSA) is 48.1 Å². The van der Waals surface area contributed by atoms with Gasteiger partial charge in [-0.2, -0.15) is 0 Å². The molecule has 3 saturated carbocycles. The highest BCUT2D eigenvalue weighted by Crippen LogP contribution is 2.71. The van der Waals surface area contributed by atoms with E-state index in [2.05, 4.69) is 95.3 Å². The van der Waals surface area contributed by atoms with E-state index in [1.54, 1.807) is 0 Å². The van der Waals surface area contributed by atoms with Gasteiger partial charge in [0.05, 0.1) is 6.10 Å². The summed E-state index contributed by atoms with van der Waals surface area (Å²) in [7, 11) is -2.62. The highest BCUT2D eigenvalue weighted by molar-refractivity contribution is 6.99. The zero-order valence-corrected chi connectivity index (χ0v) is 26.0. The van der Waals surface area contributed by atoms with Crippen LogP contribution >= 0.6 is 0 Å². The van der Waals surface area contributed by atoms with Gasteiger partial charge in [0, 0.05) is 11.8 Å². The Morgan fingerprint density at radius 3 is 2.10 bits per heavy atom. The Kier molecular flexibility index (Phi) is 6.07. The van der Waals surface area contributed by atoms with Crippen LogP contribution in [0.3, 0.4) is 0 Å². The first-order chi connectivity index (χ1) is 19.1. The monoisotopic (exact) mass is 558 g/mol. The predicted octanol–water partition coefficient (Wildman–Crippen LogP) is 6.61. The first kappa shape index (κ1) is 26.9. The Morgan fingerprint density at radius 2 is 1.48 bits per heavy atom. The number of ether oxygens (including phenoxy) is 2. The maximum Gasteiger partial charge on any atom is 0.308 e. The molecular formula is C35H46O4Si. The lowest BCUT2D eigenvalue weighted by molar-refractivity contribution is -0.149. The van der Waals surface area contributed by atoms with Crippen molar-refractivity contribution in [1.29, 1.82) is 0 Å². The summed E-state index contributed by atoms with van der Waals surface area (Å²) in [6.07, 6.45) is 8.33. The average molecular weight is 559 g/mol. The molecule has 2 aromatic carbocycles. The van der Waals surface area contributed by atoms with Gasteiger partial charge in [0.25, 0.3) is 8.32 Å². The normalized spacial score (nSPS) is 40.6. The lowest BCUT2D eigenvalue weighted by Crippen LogP contribution is -2.68.